The average Bonchev–Trinajstić information content (AvgIpc) is 3.40. The van der Waals surface area contributed by atoms with E-state index in [1.807, 2.05) is 0 Å². The number of hydrogen-bond acceptors (Lipinski definition) is 8. The molecule has 75 heavy (non-hydrogen) atoms. The van der Waals surface area contributed by atoms with Gasteiger partial charge in [-0.1, -0.05) is 273 Å². The molecule has 0 radical (unpaired) electrons. The van der Waals surface area contributed by atoms with Crippen LogP contribution in [0.5, 0.6) is 0 Å². The zero-order chi connectivity index (χ0) is 54.5. The van der Waals surface area contributed by atoms with Crippen molar-refractivity contribution in [1.82, 2.24) is 0 Å². The molecule has 0 aromatic carbocycles. The van der Waals surface area contributed by atoms with Crippen molar-refractivity contribution >= 4 is 19.8 Å². The van der Waals surface area contributed by atoms with Crippen LogP contribution in [0.15, 0.2) is 72.9 Å². The molecule has 0 heterocycles. The normalized spacial score (nSPS) is 13.5. The van der Waals surface area contributed by atoms with E-state index in [0.717, 1.165) is 70.6 Å². The summed E-state index contributed by atoms with van der Waals surface area (Å²) in [7, 11) is -4.39. The van der Waals surface area contributed by atoms with Crippen LogP contribution in [0.3, 0.4) is 0 Å². The van der Waals surface area contributed by atoms with Gasteiger partial charge >= 0.3 is 19.8 Å². The molecule has 2 atom stereocenters. The van der Waals surface area contributed by atoms with Gasteiger partial charge in [-0.3, -0.25) is 18.6 Å². The summed E-state index contributed by atoms with van der Waals surface area (Å²) in [6, 6.07) is 0. The molecular formula is C65H118NO8P. The molecule has 0 aromatic heterocycles. The van der Waals surface area contributed by atoms with Crippen LogP contribution in [-0.2, 0) is 32.7 Å². The van der Waals surface area contributed by atoms with Crippen molar-refractivity contribution in [2.75, 3.05) is 26.4 Å². The molecule has 0 spiro atoms. The van der Waals surface area contributed by atoms with Crippen molar-refractivity contribution in [2.24, 2.45) is 5.73 Å². The van der Waals surface area contributed by atoms with Crippen LogP contribution >= 0.6 is 7.82 Å². The first-order valence-corrected chi connectivity index (χ1v) is 32.9. The second-order valence-corrected chi connectivity index (χ2v) is 22.3. The third-order valence-corrected chi connectivity index (χ3v) is 14.6. The van der Waals surface area contributed by atoms with E-state index >= 15 is 0 Å². The van der Waals surface area contributed by atoms with E-state index in [9.17, 15) is 19.0 Å². The summed E-state index contributed by atoms with van der Waals surface area (Å²) in [5, 5.41) is 0. The highest BCUT2D eigenvalue weighted by molar-refractivity contribution is 7.47. The summed E-state index contributed by atoms with van der Waals surface area (Å²) in [4.78, 5) is 35.3. The Hall–Kier alpha value is -2.55. The number of carbonyl (C=O) groups excluding carboxylic acids is 2. The highest BCUT2D eigenvalue weighted by Crippen LogP contribution is 2.43. The fourth-order valence-electron chi connectivity index (χ4n) is 8.95. The van der Waals surface area contributed by atoms with Crippen LogP contribution in [0.4, 0.5) is 0 Å². The van der Waals surface area contributed by atoms with Crippen molar-refractivity contribution < 1.29 is 37.6 Å². The van der Waals surface area contributed by atoms with Gasteiger partial charge in [0.15, 0.2) is 6.10 Å². The average molecular weight is 1070 g/mol. The lowest BCUT2D eigenvalue weighted by atomic mass is 10.0. The van der Waals surface area contributed by atoms with Crippen LogP contribution in [0.25, 0.3) is 0 Å². The van der Waals surface area contributed by atoms with E-state index < -0.39 is 26.5 Å². The summed E-state index contributed by atoms with van der Waals surface area (Å²) in [5.74, 6) is -0.820. The van der Waals surface area contributed by atoms with E-state index in [0.29, 0.717) is 6.42 Å². The number of unbranched alkanes of at least 4 members (excludes halogenated alkanes) is 34. The monoisotopic (exact) mass is 1070 g/mol. The molecule has 2 unspecified atom stereocenters. The lowest BCUT2D eigenvalue weighted by Crippen LogP contribution is -2.29. The molecule has 0 aliphatic carbocycles. The number of rotatable bonds is 59. The molecule has 9 nitrogen and oxygen atoms in total. The predicted octanol–water partition coefficient (Wildman–Crippen LogP) is 20.1. The Bertz CT molecular complexity index is 1460. The Kier molecular flexibility index (Phi) is 58.6. The first-order chi connectivity index (χ1) is 36.8. The standard InChI is InChI=1S/C65H118NO8P/c1-3-5-7-9-11-13-15-17-19-21-23-25-27-29-30-31-32-34-36-38-40-42-44-46-48-50-52-54-56-58-65(68)74-63(62-73-75(69,70)72-60-59-66)61-71-64(67)57-55-53-51-49-47-45-43-41-39-37-35-33-28-26-24-22-20-18-16-14-12-10-8-6-4-2/h5,7,11,13,17,19,22-25,29-30,63H,3-4,6,8-10,12,14-16,18,20-21,26-28,31-62,66H2,1-2H3,(H,69,70)/b7-5-,13-11-,19-17-,24-22-,25-23-,30-29-. The summed E-state index contributed by atoms with van der Waals surface area (Å²) < 4.78 is 33.1. The van der Waals surface area contributed by atoms with Crippen LogP contribution in [0.2, 0.25) is 0 Å². The molecule has 0 saturated heterocycles. The van der Waals surface area contributed by atoms with Crippen LogP contribution in [0.1, 0.15) is 296 Å². The van der Waals surface area contributed by atoms with Gasteiger partial charge in [0.05, 0.1) is 13.2 Å². The number of phosphoric ester groups is 1. The van der Waals surface area contributed by atoms with Gasteiger partial charge in [-0.15, -0.1) is 0 Å². The third kappa shape index (κ3) is 60.5. The number of ether oxygens (including phenoxy) is 2. The molecule has 10 heteroatoms. The Morgan fingerprint density at radius 3 is 1.11 bits per heavy atom. The fourth-order valence-corrected chi connectivity index (χ4v) is 9.72. The molecule has 3 N–H and O–H groups in total. The molecule has 436 valence electrons. The van der Waals surface area contributed by atoms with Gasteiger partial charge in [0.25, 0.3) is 0 Å². The minimum absolute atomic E-state index is 0.0520. The van der Waals surface area contributed by atoms with Gasteiger partial charge in [-0.25, -0.2) is 4.57 Å². The summed E-state index contributed by atoms with van der Waals surface area (Å²) in [6.45, 7) is 3.67. The van der Waals surface area contributed by atoms with E-state index in [4.69, 9.17) is 24.3 Å². The first kappa shape index (κ1) is 72.5. The number of phosphoric acid groups is 1. The predicted molar refractivity (Wildman–Crippen MR) is 321 cm³/mol. The van der Waals surface area contributed by atoms with Crippen molar-refractivity contribution in [1.29, 1.82) is 0 Å². The van der Waals surface area contributed by atoms with Gasteiger partial charge in [0.1, 0.15) is 6.61 Å². The second-order valence-electron chi connectivity index (χ2n) is 20.9. The molecule has 0 aliphatic rings. The van der Waals surface area contributed by atoms with E-state index in [2.05, 4.69) is 86.8 Å². The molecular weight excluding hydrogens is 954 g/mol. The molecule has 0 saturated carbocycles. The summed E-state index contributed by atoms with van der Waals surface area (Å²) >= 11 is 0. The van der Waals surface area contributed by atoms with Crippen molar-refractivity contribution in [3.05, 3.63) is 72.9 Å². The van der Waals surface area contributed by atoms with E-state index in [1.165, 1.54) is 193 Å². The smallest absolute Gasteiger partial charge is 0.462 e. The maximum absolute atomic E-state index is 12.7. The van der Waals surface area contributed by atoms with Gasteiger partial charge in [0, 0.05) is 19.4 Å². The maximum atomic E-state index is 12.7. The topological polar surface area (TPSA) is 134 Å². The zero-order valence-electron chi connectivity index (χ0n) is 48.8. The van der Waals surface area contributed by atoms with E-state index in [-0.39, 0.29) is 38.6 Å². The van der Waals surface area contributed by atoms with Gasteiger partial charge in [-0.2, -0.15) is 0 Å². The highest BCUT2D eigenvalue weighted by Gasteiger charge is 2.26. The highest BCUT2D eigenvalue weighted by atomic mass is 31.2. The van der Waals surface area contributed by atoms with E-state index in [1.54, 1.807) is 0 Å². The summed E-state index contributed by atoms with van der Waals surface area (Å²) in [6.07, 6.45) is 78.2. The Labute approximate surface area is 462 Å². The summed E-state index contributed by atoms with van der Waals surface area (Å²) in [5.41, 5.74) is 5.39. The van der Waals surface area contributed by atoms with Crippen molar-refractivity contribution in [3.63, 3.8) is 0 Å². The molecule has 0 bridgehead atoms. The first-order valence-electron chi connectivity index (χ1n) is 31.4. The largest absolute Gasteiger partial charge is 0.472 e. The number of allylic oxidation sites excluding steroid dienone is 12. The van der Waals surface area contributed by atoms with Crippen molar-refractivity contribution in [2.45, 2.75) is 302 Å². The second kappa shape index (κ2) is 60.7. The lowest BCUT2D eigenvalue weighted by Gasteiger charge is -2.19. The van der Waals surface area contributed by atoms with Crippen LogP contribution in [0, 0.1) is 0 Å². The minimum Gasteiger partial charge on any atom is -0.462 e. The fraction of sp³-hybridized carbons (Fsp3) is 0.785. The van der Waals surface area contributed by atoms with Crippen LogP contribution in [-0.4, -0.2) is 49.3 Å². The maximum Gasteiger partial charge on any atom is 0.472 e. The van der Waals surface area contributed by atoms with Gasteiger partial charge < -0.3 is 20.1 Å². The Morgan fingerprint density at radius 1 is 0.413 bits per heavy atom. The van der Waals surface area contributed by atoms with Crippen LogP contribution < -0.4 is 5.73 Å². The third-order valence-electron chi connectivity index (χ3n) is 13.6. The molecule has 0 aromatic rings. The van der Waals surface area contributed by atoms with Crippen molar-refractivity contribution in [3.8, 4) is 0 Å². The Balaban J connectivity index is 3.93. The molecule has 0 aliphatic heterocycles. The number of nitrogens with two attached hydrogens (primary N) is 1. The minimum atomic E-state index is -4.39. The zero-order valence-corrected chi connectivity index (χ0v) is 49.7. The van der Waals surface area contributed by atoms with Gasteiger partial charge in [0.2, 0.25) is 0 Å². The quantitative estimate of drug-likeness (QED) is 0.0264. The molecule has 0 fully saturated rings. The molecule has 0 rings (SSSR count). The Morgan fingerprint density at radius 2 is 0.733 bits per heavy atom. The number of hydrogen-bond donors (Lipinski definition) is 2. The molecule has 0 amide bonds. The number of esters is 2. The number of carbonyl (C=O) groups is 2. The van der Waals surface area contributed by atoms with Gasteiger partial charge in [-0.05, 0) is 83.5 Å². The lowest BCUT2D eigenvalue weighted by molar-refractivity contribution is -0.161. The SMILES string of the molecule is CC/C=C\C/C=C\C/C=C\C/C=C\C/C=C\CCCCCCCCCCCCCCCC(=O)OC(COC(=O)CCCCCCCCCCCCCCC/C=C\CCCCCCCCCC)COP(=O)(O)OCCN.